The second-order valence-corrected chi connectivity index (χ2v) is 15.8. The normalized spacial score (nSPS) is 13.2. The van der Waals surface area contributed by atoms with Crippen LogP contribution in [0.2, 0.25) is 0 Å². The highest BCUT2D eigenvalue weighted by molar-refractivity contribution is 6.09. The first-order valence-electron chi connectivity index (χ1n) is 21.2. The van der Waals surface area contributed by atoms with Crippen molar-refractivity contribution in [1.29, 1.82) is 0 Å². The molecule has 0 radical (unpaired) electrons. The van der Waals surface area contributed by atoms with Crippen LogP contribution in [0.3, 0.4) is 0 Å². The van der Waals surface area contributed by atoms with Gasteiger partial charge in [-0.1, -0.05) is 218 Å². The van der Waals surface area contributed by atoms with Crippen LogP contribution in [0.4, 0.5) is 5.69 Å². The van der Waals surface area contributed by atoms with Crippen LogP contribution in [0.5, 0.6) is 0 Å². The van der Waals surface area contributed by atoms with Crippen molar-refractivity contribution >= 4 is 22.0 Å². The van der Waals surface area contributed by atoms with E-state index in [1.807, 2.05) is 12.1 Å². The largest absolute Gasteiger partial charge is 0.374 e. The van der Waals surface area contributed by atoms with E-state index < -0.39 is 0 Å². The van der Waals surface area contributed by atoms with E-state index >= 15 is 0 Å². The molecular weight excluding hydrogens is 751 g/mol. The van der Waals surface area contributed by atoms with Crippen molar-refractivity contribution in [3.05, 3.63) is 253 Å². The summed E-state index contributed by atoms with van der Waals surface area (Å²) in [6, 6.07) is 81.8. The topological polar surface area (TPSA) is 37.8 Å². The van der Waals surface area contributed by atoms with Gasteiger partial charge in [-0.15, -0.1) is 0 Å². The van der Waals surface area contributed by atoms with Crippen molar-refractivity contribution in [3.8, 4) is 67.3 Å². The van der Waals surface area contributed by atoms with Crippen molar-refractivity contribution in [2.24, 2.45) is 0 Å². The van der Waals surface area contributed by atoms with Crippen LogP contribution in [0.1, 0.15) is 22.7 Å². The Balaban J connectivity index is 1.02. The van der Waals surface area contributed by atoms with Gasteiger partial charge in [-0.05, 0) is 73.5 Å². The standard InChI is InChI=1S/C59H41N3/c1-5-15-40(16-6-1)42-25-31-47(32-26-42)55-39-56(48-33-27-43(28-34-48)41-17-7-2-8-18-41)62-59(61-55)49-35-29-45(30-36-49)53-37-50-23-13-14-24-51(50)57-52(44-19-9-3-10-20-44)38-54(60-58(53)57)46-21-11-4-12-22-46/h1-39,54,60H. The smallest absolute Gasteiger partial charge is 0.160 e. The van der Waals surface area contributed by atoms with Gasteiger partial charge in [0.15, 0.2) is 5.82 Å². The van der Waals surface area contributed by atoms with Crippen LogP contribution < -0.4 is 5.32 Å². The summed E-state index contributed by atoms with van der Waals surface area (Å²) in [6.07, 6.45) is 2.39. The number of nitrogens with zero attached hydrogens (tertiary/aromatic N) is 2. The van der Waals surface area contributed by atoms with Gasteiger partial charge in [0.05, 0.1) is 23.1 Å². The van der Waals surface area contributed by atoms with Gasteiger partial charge in [0.25, 0.3) is 0 Å². The maximum Gasteiger partial charge on any atom is 0.160 e. The van der Waals surface area contributed by atoms with Gasteiger partial charge in [0, 0.05) is 27.8 Å². The number of hydrogen-bond donors (Lipinski definition) is 1. The molecule has 62 heavy (non-hydrogen) atoms. The van der Waals surface area contributed by atoms with Crippen LogP contribution >= 0.6 is 0 Å². The lowest BCUT2D eigenvalue weighted by Gasteiger charge is -2.30. The zero-order valence-electron chi connectivity index (χ0n) is 34.0. The molecule has 9 aromatic carbocycles. The fraction of sp³-hybridized carbons (Fsp3) is 0.0169. The summed E-state index contributed by atoms with van der Waals surface area (Å²) in [5.74, 6) is 0.681. The highest BCUT2D eigenvalue weighted by atomic mass is 14.9. The maximum absolute atomic E-state index is 5.24. The molecule has 1 N–H and O–H groups in total. The first kappa shape index (κ1) is 36.9. The van der Waals surface area contributed by atoms with Crippen LogP contribution in [0, 0.1) is 0 Å². The van der Waals surface area contributed by atoms with E-state index in [1.54, 1.807) is 0 Å². The minimum absolute atomic E-state index is 0.00355. The quantitative estimate of drug-likeness (QED) is 0.167. The number of rotatable bonds is 8. The molecule has 10 aromatic rings. The van der Waals surface area contributed by atoms with E-state index in [1.165, 1.54) is 55.3 Å². The van der Waals surface area contributed by atoms with E-state index in [2.05, 4.69) is 230 Å². The Hall–Kier alpha value is -8.14. The summed E-state index contributed by atoms with van der Waals surface area (Å²) in [5, 5.41) is 6.42. The number of hydrogen-bond acceptors (Lipinski definition) is 3. The molecule has 1 aliphatic rings. The van der Waals surface area contributed by atoms with E-state index in [9.17, 15) is 0 Å². The van der Waals surface area contributed by atoms with E-state index in [-0.39, 0.29) is 6.04 Å². The lowest BCUT2D eigenvalue weighted by molar-refractivity contribution is 0.975. The molecule has 1 aromatic heterocycles. The molecule has 292 valence electrons. The summed E-state index contributed by atoms with van der Waals surface area (Å²) < 4.78 is 0. The van der Waals surface area contributed by atoms with Gasteiger partial charge in [-0.25, -0.2) is 9.97 Å². The average molecular weight is 792 g/mol. The Kier molecular flexibility index (Phi) is 9.61. The van der Waals surface area contributed by atoms with E-state index in [0.29, 0.717) is 5.82 Å². The number of benzene rings is 9. The fourth-order valence-corrected chi connectivity index (χ4v) is 8.75. The van der Waals surface area contributed by atoms with Gasteiger partial charge in [0.1, 0.15) is 0 Å². The van der Waals surface area contributed by atoms with E-state index in [0.717, 1.165) is 44.9 Å². The van der Waals surface area contributed by atoms with Crippen molar-refractivity contribution in [2.75, 3.05) is 5.32 Å². The molecule has 11 rings (SSSR count). The molecule has 0 saturated heterocycles. The van der Waals surface area contributed by atoms with Crippen LogP contribution in [-0.4, -0.2) is 9.97 Å². The fourth-order valence-electron chi connectivity index (χ4n) is 8.75. The van der Waals surface area contributed by atoms with Crippen molar-refractivity contribution < 1.29 is 0 Å². The molecule has 0 bridgehead atoms. The van der Waals surface area contributed by atoms with Crippen molar-refractivity contribution in [1.82, 2.24) is 9.97 Å². The minimum Gasteiger partial charge on any atom is -0.374 e. The summed E-state index contributed by atoms with van der Waals surface area (Å²) >= 11 is 0. The van der Waals surface area contributed by atoms with Gasteiger partial charge in [-0.2, -0.15) is 0 Å². The molecule has 0 amide bonds. The summed E-state index contributed by atoms with van der Waals surface area (Å²) in [6.45, 7) is 0. The molecule has 0 aliphatic carbocycles. The summed E-state index contributed by atoms with van der Waals surface area (Å²) in [5.41, 5.74) is 17.8. The molecule has 0 fully saturated rings. The molecule has 0 spiro atoms. The Morgan fingerprint density at radius 1 is 0.355 bits per heavy atom. The van der Waals surface area contributed by atoms with Gasteiger partial charge >= 0.3 is 0 Å². The molecule has 2 heterocycles. The maximum atomic E-state index is 5.24. The van der Waals surface area contributed by atoms with E-state index in [4.69, 9.17) is 9.97 Å². The third-order valence-electron chi connectivity index (χ3n) is 12.0. The predicted molar refractivity (Wildman–Crippen MR) is 258 cm³/mol. The highest BCUT2D eigenvalue weighted by Gasteiger charge is 2.26. The molecule has 0 saturated carbocycles. The zero-order chi connectivity index (χ0) is 41.2. The van der Waals surface area contributed by atoms with Crippen molar-refractivity contribution in [3.63, 3.8) is 0 Å². The Labute approximate surface area is 362 Å². The molecule has 1 atom stereocenters. The Bertz CT molecular complexity index is 3100. The lowest BCUT2D eigenvalue weighted by Crippen LogP contribution is -2.16. The van der Waals surface area contributed by atoms with Crippen molar-refractivity contribution in [2.45, 2.75) is 6.04 Å². The molecule has 3 nitrogen and oxygen atoms in total. The third-order valence-corrected chi connectivity index (χ3v) is 12.0. The monoisotopic (exact) mass is 791 g/mol. The third kappa shape index (κ3) is 7.16. The minimum atomic E-state index is -0.00355. The van der Waals surface area contributed by atoms with Gasteiger partial charge < -0.3 is 5.32 Å². The average Bonchev–Trinajstić information content (AvgIpc) is 3.37. The second-order valence-electron chi connectivity index (χ2n) is 15.8. The number of aromatic nitrogens is 2. The summed E-state index contributed by atoms with van der Waals surface area (Å²) in [4.78, 5) is 10.5. The molecule has 3 heteroatoms. The second kappa shape index (κ2) is 16.1. The Morgan fingerprint density at radius 2 is 0.790 bits per heavy atom. The SMILES string of the molecule is C1=C(c2ccccc2)c2c(c(-c3ccc(-c4nc(-c5ccc(-c6ccccc6)cc5)cc(-c5ccc(-c6ccccc6)cc5)n4)cc3)cc3ccccc23)NC1c1ccccc1. The number of fused-ring (bicyclic) bond motifs is 3. The first-order valence-corrected chi connectivity index (χ1v) is 21.2. The zero-order valence-corrected chi connectivity index (χ0v) is 34.0. The number of anilines is 1. The van der Waals surface area contributed by atoms with Gasteiger partial charge in [0.2, 0.25) is 0 Å². The molecular formula is C59H41N3. The van der Waals surface area contributed by atoms with Crippen LogP contribution in [0.25, 0.3) is 83.6 Å². The molecule has 1 unspecified atom stereocenters. The molecule has 1 aliphatic heterocycles. The lowest BCUT2D eigenvalue weighted by atomic mass is 9.83. The van der Waals surface area contributed by atoms with Crippen LogP contribution in [-0.2, 0) is 0 Å². The van der Waals surface area contributed by atoms with Gasteiger partial charge in [-0.3, -0.25) is 0 Å². The highest BCUT2D eigenvalue weighted by Crippen LogP contribution is 2.47. The predicted octanol–water partition coefficient (Wildman–Crippen LogP) is 15.2. The number of nitrogens with one attached hydrogen (secondary N) is 1. The first-order chi connectivity index (χ1) is 30.7. The summed E-state index contributed by atoms with van der Waals surface area (Å²) in [7, 11) is 0. The van der Waals surface area contributed by atoms with Crippen LogP contribution in [0.15, 0.2) is 237 Å². The Morgan fingerprint density at radius 3 is 1.35 bits per heavy atom.